The van der Waals surface area contributed by atoms with E-state index in [2.05, 4.69) is 36.8 Å². The Labute approximate surface area is 98.3 Å². The van der Waals surface area contributed by atoms with Gasteiger partial charge in [0.15, 0.2) is 0 Å². The van der Waals surface area contributed by atoms with E-state index in [0.29, 0.717) is 12.5 Å². The normalized spacial score (nSPS) is 10.8. The van der Waals surface area contributed by atoms with Crippen molar-refractivity contribution in [1.29, 1.82) is 0 Å². The van der Waals surface area contributed by atoms with Gasteiger partial charge in [0.1, 0.15) is 5.69 Å². The van der Waals surface area contributed by atoms with E-state index >= 15 is 0 Å². The fraction of sp³-hybridized carbons (Fsp3) is 0.167. The summed E-state index contributed by atoms with van der Waals surface area (Å²) in [7, 11) is 0. The van der Waals surface area contributed by atoms with Gasteiger partial charge in [0.2, 0.25) is 0 Å². The molecule has 1 aromatic heterocycles. The highest BCUT2D eigenvalue weighted by Gasteiger charge is 2.16. The number of nitrogens with zero attached hydrogens (tertiary/aromatic N) is 1. The molecule has 66 valence electrons. The molecule has 0 spiro atoms. The molecule has 0 N–H and O–H groups in total. The molecule has 0 bridgehead atoms. The second-order valence-electron chi connectivity index (χ2n) is 1.92. The average molecular weight is 413 g/mol. The summed E-state index contributed by atoms with van der Waals surface area (Å²) in [5, 5.41) is 0. The second-order valence-corrected chi connectivity index (χ2v) is 4.65. The van der Waals surface area contributed by atoms with Crippen LogP contribution >= 0.6 is 54.5 Å². The van der Waals surface area contributed by atoms with Gasteiger partial charge in [-0.15, -0.1) is 0 Å². The first kappa shape index (κ1) is 10.8. The Kier molecular flexibility index (Phi) is 3.84. The quantitative estimate of drug-likeness (QED) is 0.632. The van der Waals surface area contributed by atoms with Gasteiger partial charge in [-0.2, -0.15) is 0 Å². The summed E-state index contributed by atoms with van der Waals surface area (Å²) in [6.07, 6.45) is -1.17. The maximum Gasteiger partial charge on any atom is 0.281 e. The molecule has 0 fully saturated rings. The topological polar surface area (TPSA) is 12.9 Å². The van der Waals surface area contributed by atoms with E-state index in [1.807, 2.05) is 22.6 Å². The molecule has 0 aliphatic carbocycles. The highest BCUT2D eigenvalue weighted by atomic mass is 127. The monoisotopic (exact) mass is 411 g/mol. The van der Waals surface area contributed by atoms with Crippen molar-refractivity contribution in [2.45, 2.75) is 6.43 Å². The number of alkyl halides is 2. The Morgan fingerprint density at radius 3 is 2.50 bits per heavy atom. The van der Waals surface area contributed by atoms with E-state index in [9.17, 15) is 8.78 Å². The van der Waals surface area contributed by atoms with Crippen LogP contribution in [-0.2, 0) is 0 Å². The lowest BCUT2D eigenvalue weighted by Crippen LogP contribution is -1.95. The fourth-order valence-corrected chi connectivity index (χ4v) is 2.25. The van der Waals surface area contributed by atoms with Crippen molar-refractivity contribution in [3.63, 3.8) is 0 Å². The van der Waals surface area contributed by atoms with Crippen LogP contribution < -0.4 is 0 Å². The first-order valence-corrected chi connectivity index (χ1v) is 5.48. The average Bonchev–Trinajstić information content (AvgIpc) is 2.00. The molecule has 1 heterocycles. The molecule has 6 heteroatoms. The number of pyridine rings is 1. The SMILES string of the molecule is FC(F)c1ncc(Br)c(Br)c1I. The third-order valence-corrected chi connectivity index (χ3v) is 4.94. The van der Waals surface area contributed by atoms with Crippen LogP contribution in [0.25, 0.3) is 0 Å². The minimum atomic E-state index is -2.53. The maximum atomic E-state index is 12.2. The lowest BCUT2D eigenvalue weighted by atomic mass is 10.4. The predicted octanol–water partition coefficient (Wildman–Crippen LogP) is 4.15. The van der Waals surface area contributed by atoms with Gasteiger partial charge in [-0.05, 0) is 54.5 Å². The molecule has 0 saturated carbocycles. The molecule has 0 radical (unpaired) electrons. The predicted molar refractivity (Wildman–Crippen MR) is 57.3 cm³/mol. The second kappa shape index (κ2) is 4.28. The van der Waals surface area contributed by atoms with Crippen molar-refractivity contribution in [2.75, 3.05) is 0 Å². The van der Waals surface area contributed by atoms with Crippen LogP contribution in [-0.4, -0.2) is 4.98 Å². The number of aromatic nitrogens is 1. The Hall–Kier alpha value is 0.700. The van der Waals surface area contributed by atoms with Crippen molar-refractivity contribution in [1.82, 2.24) is 4.98 Å². The van der Waals surface area contributed by atoms with Crippen molar-refractivity contribution < 1.29 is 8.78 Å². The molecule has 0 saturated heterocycles. The van der Waals surface area contributed by atoms with E-state index in [1.54, 1.807) is 0 Å². The molecule has 0 aliphatic rings. The highest BCUT2D eigenvalue weighted by molar-refractivity contribution is 14.1. The Morgan fingerprint density at radius 2 is 2.00 bits per heavy atom. The van der Waals surface area contributed by atoms with Crippen LogP contribution in [0.4, 0.5) is 8.78 Å². The molecular weight excluding hydrogens is 411 g/mol. The zero-order valence-electron chi connectivity index (χ0n) is 5.49. The van der Waals surface area contributed by atoms with Gasteiger partial charge >= 0.3 is 0 Å². The zero-order chi connectivity index (χ0) is 9.30. The van der Waals surface area contributed by atoms with Crippen LogP contribution in [0.15, 0.2) is 15.1 Å². The van der Waals surface area contributed by atoms with Crippen molar-refractivity contribution in [3.8, 4) is 0 Å². The standard InChI is InChI=1S/C6H2Br2F2IN/c7-2-1-12-5(6(9)10)4(11)3(2)8/h1,6H. The van der Waals surface area contributed by atoms with E-state index in [-0.39, 0.29) is 5.69 Å². The number of rotatable bonds is 1. The van der Waals surface area contributed by atoms with Gasteiger partial charge in [0.25, 0.3) is 6.43 Å². The number of hydrogen-bond donors (Lipinski definition) is 0. The summed E-state index contributed by atoms with van der Waals surface area (Å²) in [6, 6.07) is 0. The fourth-order valence-electron chi connectivity index (χ4n) is 0.609. The molecule has 0 atom stereocenters. The van der Waals surface area contributed by atoms with E-state index in [0.717, 1.165) is 0 Å². The molecular formula is C6H2Br2F2IN. The lowest BCUT2D eigenvalue weighted by Gasteiger charge is -2.04. The first-order valence-electron chi connectivity index (χ1n) is 2.81. The zero-order valence-corrected chi connectivity index (χ0v) is 10.8. The molecule has 0 amide bonds. The van der Waals surface area contributed by atoms with Crippen LogP contribution in [0.3, 0.4) is 0 Å². The summed E-state index contributed by atoms with van der Waals surface area (Å²) in [5.41, 5.74) is -0.189. The minimum Gasteiger partial charge on any atom is -0.253 e. The summed E-state index contributed by atoms with van der Waals surface area (Å²) >= 11 is 8.17. The first-order chi connectivity index (χ1) is 5.54. The Morgan fingerprint density at radius 1 is 1.42 bits per heavy atom. The Bertz CT molecular complexity index is 306. The summed E-state index contributed by atoms with van der Waals surface area (Å²) in [5.74, 6) is 0. The van der Waals surface area contributed by atoms with Gasteiger partial charge in [0.05, 0.1) is 8.04 Å². The smallest absolute Gasteiger partial charge is 0.253 e. The van der Waals surface area contributed by atoms with Crippen LogP contribution in [0.1, 0.15) is 12.1 Å². The van der Waals surface area contributed by atoms with Crippen LogP contribution in [0.5, 0.6) is 0 Å². The lowest BCUT2D eigenvalue weighted by molar-refractivity contribution is 0.145. The molecule has 0 aliphatic heterocycles. The van der Waals surface area contributed by atoms with E-state index in [1.165, 1.54) is 6.20 Å². The number of halogens is 5. The summed E-state index contributed by atoms with van der Waals surface area (Å²) in [4.78, 5) is 3.60. The molecule has 1 rings (SSSR count). The van der Waals surface area contributed by atoms with E-state index in [4.69, 9.17) is 0 Å². The Balaban J connectivity index is 3.27. The molecule has 1 nitrogen and oxygen atoms in total. The molecule has 0 unspecified atom stereocenters. The van der Waals surface area contributed by atoms with Gasteiger partial charge in [0, 0.05) is 10.7 Å². The third-order valence-electron chi connectivity index (χ3n) is 1.15. The van der Waals surface area contributed by atoms with Gasteiger partial charge < -0.3 is 0 Å². The van der Waals surface area contributed by atoms with Gasteiger partial charge in [-0.25, -0.2) is 8.78 Å². The minimum absolute atomic E-state index is 0.189. The molecule has 12 heavy (non-hydrogen) atoms. The summed E-state index contributed by atoms with van der Waals surface area (Å²) < 4.78 is 26.2. The van der Waals surface area contributed by atoms with Crippen molar-refractivity contribution >= 4 is 54.5 Å². The molecule has 0 aromatic carbocycles. The van der Waals surface area contributed by atoms with Crippen molar-refractivity contribution in [2.24, 2.45) is 0 Å². The summed E-state index contributed by atoms with van der Waals surface area (Å²) in [6.45, 7) is 0. The highest BCUT2D eigenvalue weighted by Crippen LogP contribution is 2.32. The third kappa shape index (κ3) is 2.14. The van der Waals surface area contributed by atoms with Gasteiger partial charge in [-0.3, -0.25) is 4.98 Å². The largest absolute Gasteiger partial charge is 0.281 e. The van der Waals surface area contributed by atoms with Crippen LogP contribution in [0, 0.1) is 3.57 Å². The maximum absolute atomic E-state index is 12.2. The van der Waals surface area contributed by atoms with Crippen LogP contribution in [0.2, 0.25) is 0 Å². The van der Waals surface area contributed by atoms with Crippen molar-refractivity contribution in [3.05, 3.63) is 24.4 Å². The number of hydrogen-bond acceptors (Lipinski definition) is 1. The van der Waals surface area contributed by atoms with Gasteiger partial charge in [-0.1, -0.05) is 0 Å². The molecule has 1 aromatic rings. The van der Waals surface area contributed by atoms with E-state index < -0.39 is 6.43 Å².